The second-order valence-electron chi connectivity index (χ2n) is 8.09. The van der Waals surface area contributed by atoms with E-state index in [0.717, 1.165) is 67.5 Å². The van der Waals surface area contributed by atoms with Crippen molar-refractivity contribution < 1.29 is 4.74 Å². The van der Waals surface area contributed by atoms with Gasteiger partial charge in [-0.15, -0.1) is 0 Å². The summed E-state index contributed by atoms with van der Waals surface area (Å²) >= 11 is 0. The van der Waals surface area contributed by atoms with Crippen molar-refractivity contribution in [1.29, 1.82) is 0 Å². The van der Waals surface area contributed by atoms with Gasteiger partial charge in [0.05, 0.1) is 18.6 Å². The largest absolute Gasteiger partial charge is 0.383 e. The summed E-state index contributed by atoms with van der Waals surface area (Å²) in [5, 5.41) is 3.39. The zero-order valence-corrected chi connectivity index (χ0v) is 18.0. The minimum Gasteiger partial charge on any atom is -0.383 e. The third-order valence-corrected chi connectivity index (χ3v) is 5.75. The number of hydrogen-bond acceptors (Lipinski definition) is 8. The molecule has 0 aromatic carbocycles. The second kappa shape index (κ2) is 9.01. The van der Waals surface area contributed by atoms with E-state index in [1.807, 2.05) is 12.4 Å². The third kappa shape index (κ3) is 4.27. The molecule has 4 heterocycles. The Hall–Kier alpha value is -2.65. The second-order valence-corrected chi connectivity index (χ2v) is 8.09. The molecule has 1 N–H and O–H groups in total. The van der Waals surface area contributed by atoms with Gasteiger partial charge in [-0.3, -0.25) is 4.90 Å². The zero-order valence-electron chi connectivity index (χ0n) is 18.0. The lowest BCUT2D eigenvalue weighted by atomic mass is 9.81. The maximum Gasteiger partial charge on any atom is 0.165 e. The molecule has 1 unspecified atom stereocenters. The standard InChI is InChI=1S/C21H30N8O/c1-4-29-15-25-17-18(23-9-11-30-3)26-20(27-19(17)29)21(2)7-5-10-28(13-21)12-16-6-8-22-14-24-16/h6,8,14-15H,4-5,7,9-13H2,1-3H3,(H,23,26,27). The summed E-state index contributed by atoms with van der Waals surface area (Å²) in [6, 6.07) is 1.98. The van der Waals surface area contributed by atoms with Crippen LogP contribution in [0.4, 0.5) is 5.82 Å². The van der Waals surface area contributed by atoms with E-state index in [-0.39, 0.29) is 5.41 Å². The van der Waals surface area contributed by atoms with Gasteiger partial charge in [0.25, 0.3) is 0 Å². The van der Waals surface area contributed by atoms with Crippen molar-refractivity contribution in [3.8, 4) is 0 Å². The van der Waals surface area contributed by atoms with Crippen LogP contribution in [0.5, 0.6) is 0 Å². The fourth-order valence-corrected chi connectivity index (χ4v) is 4.14. The van der Waals surface area contributed by atoms with Gasteiger partial charge in [0.1, 0.15) is 17.7 Å². The number of imidazole rings is 1. The molecule has 1 aliphatic heterocycles. The molecule has 0 radical (unpaired) electrons. The van der Waals surface area contributed by atoms with E-state index in [1.54, 1.807) is 19.6 Å². The van der Waals surface area contributed by atoms with E-state index >= 15 is 0 Å². The maximum atomic E-state index is 5.19. The molecule has 0 spiro atoms. The summed E-state index contributed by atoms with van der Waals surface area (Å²) < 4.78 is 7.27. The Labute approximate surface area is 176 Å². The molecular formula is C21H30N8O. The van der Waals surface area contributed by atoms with E-state index in [4.69, 9.17) is 14.7 Å². The van der Waals surface area contributed by atoms with Gasteiger partial charge in [0.2, 0.25) is 0 Å². The number of hydrogen-bond donors (Lipinski definition) is 1. The Kier molecular flexibility index (Phi) is 6.19. The van der Waals surface area contributed by atoms with Crippen molar-refractivity contribution in [2.45, 2.75) is 45.2 Å². The first-order valence-electron chi connectivity index (χ1n) is 10.6. The molecule has 3 aromatic rings. The average molecular weight is 411 g/mol. The monoisotopic (exact) mass is 410 g/mol. The molecule has 1 atom stereocenters. The van der Waals surface area contributed by atoms with Crippen molar-refractivity contribution in [3.63, 3.8) is 0 Å². The van der Waals surface area contributed by atoms with Crippen molar-refractivity contribution in [1.82, 2.24) is 34.4 Å². The van der Waals surface area contributed by atoms with Gasteiger partial charge >= 0.3 is 0 Å². The first-order chi connectivity index (χ1) is 14.6. The highest BCUT2D eigenvalue weighted by molar-refractivity contribution is 5.83. The van der Waals surface area contributed by atoms with Crippen molar-refractivity contribution in [2.75, 3.05) is 38.7 Å². The Morgan fingerprint density at radius 2 is 2.17 bits per heavy atom. The molecule has 0 saturated carbocycles. The Balaban J connectivity index is 1.64. The highest BCUT2D eigenvalue weighted by Gasteiger charge is 2.36. The Morgan fingerprint density at radius 3 is 2.93 bits per heavy atom. The number of nitrogens with zero attached hydrogens (tertiary/aromatic N) is 7. The summed E-state index contributed by atoms with van der Waals surface area (Å²) in [7, 11) is 1.70. The molecular weight excluding hydrogens is 380 g/mol. The lowest BCUT2D eigenvalue weighted by Crippen LogP contribution is -2.45. The van der Waals surface area contributed by atoms with Gasteiger partial charge in [-0.1, -0.05) is 6.92 Å². The fraction of sp³-hybridized carbons (Fsp3) is 0.571. The number of methoxy groups -OCH3 is 1. The number of piperidine rings is 1. The van der Waals surface area contributed by atoms with Crippen LogP contribution in [0.3, 0.4) is 0 Å². The van der Waals surface area contributed by atoms with Crippen LogP contribution in [-0.4, -0.2) is 67.7 Å². The highest BCUT2D eigenvalue weighted by atomic mass is 16.5. The molecule has 3 aromatic heterocycles. The molecule has 1 aliphatic rings. The maximum absolute atomic E-state index is 5.19. The first-order valence-corrected chi connectivity index (χ1v) is 10.6. The van der Waals surface area contributed by atoms with Crippen LogP contribution in [0, 0.1) is 0 Å². The van der Waals surface area contributed by atoms with Gasteiger partial charge in [0, 0.05) is 44.9 Å². The van der Waals surface area contributed by atoms with E-state index in [2.05, 4.69) is 43.6 Å². The number of ether oxygens (including phenoxy) is 1. The molecule has 0 aliphatic carbocycles. The van der Waals surface area contributed by atoms with Gasteiger partial charge in [-0.05, 0) is 32.4 Å². The number of likely N-dealkylation sites (tertiary alicyclic amines) is 1. The Morgan fingerprint density at radius 1 is 1.27 bits per heavy atom. The summed E-state index contributed by atoms with van der Waals surface area (Å²) in [5.74, 6) is 1.66. The normalized spacial score (nSPS) is 20.0. The predicted octanol–water partition coefficient (Wildman–Crippen LogP) is 2.25. The van der Waals surface area contributed by atoms with Gasteiger partial charge in [-0.2, -0.15) is 0 Å². The number of aryl methyl sites for hydroxylation is 1. The van der Waals surface area contributed by atoms with E-state index in [1.165, 1.54) is 0 Å². The van der Waals surface area contributed by atoms with Crippen LogP contribution in [0.1, 0.15) is 38.2 Å². The Bertz CT molecular complexity index is 976. The quantitative estimate of drug-likeness (QED) is 0.565. The summed E-state index contributed by atoms with van der Waals surface area (Å²) in [5.41, 5.74) is 2.60. The summed E-state index contributed by atoms with van der Waals surface area (Å²) in [6.45, 7) is 9.23. The summed E-state index contributed by atoms with van der Waals surface area (Å²) in [4.78, 5) is 25.4. The lowest BCUT2D eigenvalue weighted by molar-refractivity contribution is 0.143. The molecule has 160 valence electrons. The number of aromatic nitrogens is 6. The van der Waals surface area contributed by atoms with Gasteiger partial charge < -0.3 is 14.6 Å². The predicted molar refractivity (Wildman–Crippen MR) is 115 cm³/mol. The fourth-order valence-electron chi connectivity index (χ4n) is 4.14. The minimum absolute atomic E-state index is 0.139. The van der Waals surface area contributed by atoms with Crippen LogP contribution in [-0.2, 0) is 23.2 Å². The third-order valence-electron chi connectivity index (χ3n) is 5.75. The summed E-state index contributed by atoms with van der Waals surface area (Å²) in [6.07, 6.45) is 7.40. The van der Waals surface area contributed by atoms with Crippen LogP contribution in [0.15, 0.2) is 24.9 Å². The van der Waals surface area contributed by atoms with Crippen LogP contribution < -0.4 is 5.32 Å². The minimum atomic E-state index is -0.139. The van der Waals surface area contributed by atoms with E-state index in [9.17, 15) is 0 Å². The smallest absolute Gasteiger partial charge is 0.165 e. The molecule has 1 saturated heterocycles. The van der Waals surface area contributed by atoms with Crippen molar-refractivity contribution >= 4 is 17.0 Å². The van der Waals surface area contributed by atoms with Crippen molar-refractivity contribution in [3.05, 3.63) is 36.4 Å². The van der Waals surface area contributed by atoms with Crippen LogP contribution in [0.25, 0.3) is 11.2 Å². The SMILES string of the molecule is CCn1cnc2c(NCCOC)nc(C3(C)CCCN(Cc4ccncn4)C3)nc21. The molecule has 9 nitrogen and oxygen atoms in total. The van der Waals surface area contributed by atoms with E-state index in [0.29, 0.717) is 13.2 Å². The van der Waals surface area contributed by atoms with E-state index < -0.39 is 0 Å². The van der Waals surface area contributed by atoms with Crippen molar-refractivity contribution in [2.24, 2.45) is 0 Å². The van der Waals surface area contributed by atoms with Gasteiger partial charge in [-0.25, -0.2) is 24.9 Å². The average Bonchev–Trinajstić information content (AvgIpc) is 3.18. The number of anilines is 1. The zero-order chi connectivity index (χ0) is 21.0. The molecule has 4 rings (SSSR count). The molecule has 9 heteroatoms. The number of nitrogens with one attached hydrogen (secondary N) is 1. The first kappa shape index (κ1) is 20.6. The van der Waals surface area contributed by atoms with Crippen LogP contribution >= 0.6 is 0 Å². The molecule has 0 amide bonds. The van der Waals surface area contributed by atoms with Crippen LogP contribution in [0.2, 0.25) is 0 Å². The lowest BCUT2D eigenvalue weighted by Gasteiger charge is -2.39. The number of fused-ring (bicyclic) bond motifs is 1. The molecule has 30 heavy (non-hydrogen) atoms. The molecule has 0 bridgehead atoms. The molecule has 1 fully saturated rings. The number of rotatable bonds is 8. The topological polar surface area (TPSA) is 93.9 Å². The highest BCUT2D eigenvalue weighted by Crippen LogP contribution is 2.34. The van der Waals surface area contributed by atoms with Gasteiger partial charge in [0.15, 0.2) is 11.5 Å².